The second-order valence-electron chi connectivity index (χ2n) is 8.25. The SMILES string of the molecule is C=CCNC(=O)OC1CCC(CNC(=O)c2cccc3ccoc23)(c2ccccc2)CC1. The van der Waals surface area contributed by atoms with Crippen molar-refractivity contribution in [2.75, 3.05) is 13.1 Å². The Balaban J connectivity index is 1.46. The van der Waals surface area contributed by atoms with Crippen molar-refractivity contribution in [3.8, 4) is 0 Å². The second-order valence-corrected chi connectivity index (χ2v) is 8.25. The summed E-state index contributed by atoms with van der Waals surface area (Å²) in [5.41, 5.74) is 2.10. The number of furan rings is 1. The quantitative estimate of drug-likeness (QED) is 0.518. The van der Waals surface area contributed by atoms with Crippen LogP contribution in [0.2, 0.25) is 0 Å². The maximum absolute atomic E-state index is 13.0. The Morgan fingerprint density at radius 3 is 2.59 bits per heavy atom. The number of carbonyl (C=O) groups is 2. The van der Waals surface area contributed by atoms with Gasteiger partial charge in [0.1, 0.15) is 11.7 Å². The number of hydrogen-bond donors (Lipinski definition) is 2. The van der Waals surface area contributed by atoms with E-state index in [4.69, 9.17) is 9.15 Å². The molecule has 3 aromatic rings. The fourth-order valence-corrected chi connectivity index (χ4v) is 4.49. The van der Waals surface area contributed by atoms with Gasteiger partial charge in [0.15, 0.2) is 0 Å². The van der Waals surface area contributed by atoms with Gasteiger partial charge in [-0.3, -0.25) is 4.79 Å². The number of fused-ring (bicyclic) bond motifs is 1. The summed E-state index contributed by atoms with van der Waals surface area (Å²) in [6.45, 7) is 4.48. The summed E-state index contributed by atoms with van der Waals surface area (Å²) < 4.78 is 11.1. The van der Waals surface area contributed by atoms with Gasteiger partial charge >= 0.3 is 6.09 Å². The van der Waals surface area contributed by atoms with E-state index >= 15 is 0 Å². The molecule has 2 aromatic carbocycles. The fraction of sp³-hybridized carbons (Fsp3) is 0.308. The molecule has 4 rings (SSSR count). The highest BCUT2D eigenvalue weighted by atomic mass is 16.6. The van der Waals surface area contributed by atoms with Crippen LogP contribution >= 0.6 is 0 Å². The number of carbonyl (C=O) groups excluding carboxylic acids is 2. The summed E-state index contributed by atoms with van der Waals surface area (Å²) in [5, 5.41) is 6.71. The van der Waals surface area contributed by atoms with Crippen molar-refractivity contribution in [2.24, 2.45) is 0 Å². The minimum atomic E-state index is -0.415. The molecule has 32 heavy (non-hydrogen) atoms. The molecule has 0 bridgehead atoms. The Kier molecular flexibility index (Phi) is 6.59. The molecule has 1 aliphatic rings. The molecule has 0 radical (unpaired) electrons. The number of benzene rings is 2. The summed E-state index contributed by atoms with van der Waals surface area (Å²) in [5.74, 6) is -0.150. The summed E-state index contributed by atoms with van der Waals surface area (Å²) in [4.78, 5) is 24.9. The number of hydrogen-bond acceptors (Lipinski definition) is 4. The van der Waals surface area contributed by atoms with Crippen LogP contribution < -0.4 is 10.6 Å². The van der Waals surface area contributed by atoms with E-state index in [9.17, 15) is 9.59 Å². The van der Waals surface area contributed by atoms with Crippen LogP contribution in [0.4, 0.5) is 4.79 Å². The predicted molar refractivity (Wildman–Crippen MR) is 124 cm³/mol. The van der Waals surface area contributed by atoms with E-state index in [0.717, 1.165) is 31.1 Å². The van der Waals surface area contributed by atoms with Gasteiger partial charge in [-0.05, 0) is 43.4 Å². The molecule has 0 atom stereocenters. The number of ether oxygens (including phenoxy) is 1. The Bertz CT molecular complexity index is 1080. The van der Waals surface area contributed by atoms with E-state index in [0.29, 0.717) is 24.2 Å². The molecule has 0 aliphatic heterocycles. The average molecular weight is 433 g/mol. The molecule has 0 saturated heterocycles. The maximum Gasteiger partial charge on any atom is 0.407 e. The summed E-state index contributed by atoms with van der Waals surface area (Å²) >= 11 is 0. The molecule has 6 heteroatoms. The van der Waals surface area contributed by atoms with Crippen LogP contribution in [0.1, 0.15) is 41.6 Å². The van der Waals surface area contributed by atoms with Crippen LogP contribution in [0.15, 0.2) is 77.9 Å². The molecule has 2 N–H and O–H groups in total. The molecule has 1 heterocycles. The fourth-order valence-electron chi connectivity index (χ4n) is 4.49. The highest BCUT2D eigenvalue weighted by Gasteiger charge is 2.38. The van der Waals surface area contributed by atoms with E-state index in [1.165, 1.54) is 5.56 Å². The van der Waals surface area contributed by atoms with E-state index in [2.05, 4.69) is 29.3 Å². The molecule has 1 aliphatic carbocycles. The predicted octanol–water partition coefficient (Wildman–Crippen LogP) is 4.96. The average Bonchev–Trinajstić information content (AvgIpc) is 3.32. The van der Waals surface area contributed by atoms with Crippen molar-refractivity contribution in [3.05, 3.63) is 84.6 Å². The van der Waals surface area contributed by atoms with Crippen molar-refractivity contribution in [1.82, 2.24) is 10.6 Å². The van der Waals surface area contributed by atoms with E-state index in [1.807, 2.05) is 36.4 Å². The Morgan fingerprint density at radius 2 is 1.84 bits per heavy atom. The summed E-state index contributed by atoms with van der Waals surface area (Å²) in [6, 6.07) is 17.7. The van der Waals surface area contributed by atoms with Crippen LogP contribution in [-0.4, -0.2) is 31.2 Å². The zero-order valence-corrected chi connectivity index (χ0v) is 18.0. The third-order valence-corrected chi connectivity index (χ3v) is 6.25. The molecule has 0 spiro atoms. The van der Waals surface area contributed by atoms with Crippen molar-refractivity contribution in [3.63, 3.8) is 0 Å². The number of para-hydroxylation sites is 1. The zero-order valence-electron chi connectivity index (χ0n) is 18.0. The first-order valence-electron chi connectivity index (χ1n) is 11.0. The lowest BCUT2D eigenvalue weighted by atomic mass is 9.68. The number of amides is 2. The van der Waals surface area contributed by atoms with Gasteiger partial charge in [-0.1, -0.05) is 48.5 Å². The smallest absolute Gasteiger partial charge is 0.407 e. The van der Waals surface area contributed by atoms with Gasteiger partial charge in [0, 0.05) is 23.9 Å². The standard InChI is InChI=1S/C26H28N2O4/c1-2-16-27-25(30)32-21-11-14-26(15-12-21,20-8-4-3-5-9-20)18-28-24(29)22-10-6-7-19-13-17-31-23(19)22/h2-10,13,17,21H,1,11-12,14-16,18H2,(H,27,30)(H,28,29). The van der Waals surface area contributed by atoms with Crippen LogP contribution in [0, 0.1) is 0 Å². The van der Waals surface area contributed by atoms with Gasteiger partial charge in [0.05, 0.1) is 11.8 Å². The van der Waals surface area contributed by atoms with Gasteiger partial charge in [-0.2, -0.15) is 0 Å². The zero-order chi connectivity index (χ0) is 22.4. The molecule has 1 aromatic heterocycles. The number of nitrogens with one attached hydrogen (secondary N) is 2. The molecule has 2 amide bonds. The second kappa shape index (κ2) is 9.73. The van der Waals surface area contributed by atoms with Gasteiger partial charge in [-0.15, -0.1) is 6.58 Å². The van der Waals surface area contributed by atoms with Gasteiger partial charge in [-0.25, -0.2) is 4.79 Å². The van der Waals surface area contributed by atoms with Gasteiger partial charge in [0.25, 0.3) is 5.91 Å². The highest BCUT2D eigenvalue weighted by Crippen LogP contribution is 2.40. The largest absolute Gasteiger partial charge is 0.464 e. The Hall–Kier alpha value is -3.54. The Morgan fingerprint density at radius 1 is 1.06 bits per heavy atom. The van der Waals surface area contributed by atoms with Gasteiger partial charge in [0.2, 0.25) is 0 Å². The Labute approximate surface area is 187 Å². The lowest BCUT2D eigenvalue weighted by Crippen LogP contribution is -2.45. The molecular weight excluding hydrogens is 404 g/mol. The number of alkyl carbamates (subject to hydrolysis) is 1. The van der Waals surface area contributed by atoms with E-state index < -0.39 is 6.09 Å². The van der Waals surface area contributed by atoms with Crippen molar-refractivity contribution in [1.29, 1.82) is 0 Å². The first kappa shape index (κ1) is 21.7. The monoisotopic (exact) mass is 432 g/mol. The highest BCUT2D eigenvalue weighted by molar-refractivity contribution is 6.04. The molecule has 6 nitrogen and oxygen atoms in total. The summed E-state index contributed by atoms with van der Waals surface area (Å²) in [6.07, 6.45) is 5.75. The molecule has 1 fully saturated rings. The lowest BCUT2D eigenvalue weighted by molar-refractivity contribution is 0.0570. The summed E-state index contributed by atoms with van der Waals surface area (Å²) in [7, 11) is 0. The minimum Gasteiger partial charge on any atom is -0.464 e. The first-order valence-corrected chi connectivity index (χ1v) is 11.0. The van der Waals surface area contributed by atoms with Crippen molar-refractivity contribution < 1.29 is 18.7 Å². The molecule has 166 valence electrons. The van der Waals surface area contributed by atoms with E-state index in [1.54, 1.807) is 18.4 Å². The van der Waals surface area contributed by atoms with E-state index in [-0.39, 0.29) is 17.4 Å². The molecular formula is C26H28N2O4. The molecule has 0 unspecified atom stereocenters. The third-order valence-electron chi connectivity index (χ3n) is 6.25. The topological polar surface area (TPSA) is 80.6 Å². The van der Waals surface area contributed by atoms with Crippen LogP contribution in [0.3, 0.4) is 0 Å². The van der Waals surface area contributed by atoms with Crippen LogP contribution in [0.25, 0.3) is 11.0 Å². The van der Waals surface area contributed by atoms with Crippen LogP contribution in [-0.2, 0) is 10.2 Å². The van der Waals surface area contributed by atoms with Crippen molar-refractivity contribution in [2.45, 2.75) is 37.2 Å². The first-order chi connectivity index (χ1) is 15.6. The normalized spacial score (nSPS) is 20.4. The minimum absolute atomic E-state index is 0.135. The third kappa shape index (κ3) is 4.69. The lowest BCUT2D eigenvalue weighted by Gasteiger charge is -2.40. The number of rotatable bonds is 7. The maximum atomic E-state index is 13.0. The van der Waals surface area contributed by atoms with Crippen LogP contribution in [0.5, 0.6) is 0 Å². The molecule has 1 saturated carbocycles. The van der Waals surface area contributed by atoms with Gasteiger partial charge < -0.3 is 19.8 Å². The van der Waals surface area contributed by atoms with Crippen molar-refractivity contribution >= 4 is 23.0 Å².